The maximum absolute atomic E-state index is 9.72. The van der Waals surface area contributed by atoms with Crippen LogP contribution >= 0.6 is 0 Å². The van der Waals surface area contributed by atoms with Gasteiger partial charge in [-0.1, -0.05) is 0 Å². The zero-order valence-corrected chi connectivity index (χ0v) is 8.55. The van der Waals surface area contributed by atoms with Crippen LogP contribution in [-0.2, 0) is 5.60 Å². The van der Waals surface area contributed by atoms with Crippen LogP contribution in [0.4, 0.5) is 5.82 Å². The van der Waals surface area contributed by atoms with Crippen LogP contribution in [0.5, 0.6) is 0 Å². The summed E-state index contributed by atoms with van der Waals surface area (Å²) in [6.45, 7) is 5.47. The summed E-state index contributed by atoms with van der Waals surface area (Å²) in [5.41, 5.74) is 1.07. The highest BCUT2D eigenvalue weighted by Gasteiger charge is 2.16. The molecule has 0 aliphatic carbocycles. The Morgan fingerprint density at radius 2 is 2.08 bits per heavy atom. The van der Waals surface area contributed by atoms with E-state index in [2.05, 4.69) is 10.3 Å². The van der Waals surface area contributed by atoms with E-state index in [4.69, 9.17) is 0 Å². The Labute approximate surface area is 78.8 Å². The molecule has 0 atom stereocenters. The summed E-state index contributed by atoms with van der Waals surface area (Å²) in [5.74, 6) is 0.855. The van der Waals surface area contributed by atoms with Gasteiger partial charge in [-0.25, -0.2) is 4.98 Å². The molecule has 1 aromatic rings. The maximum atomic E-state index is 9.72. The van der Waals surface area contributed by atoms with E-state index in [-0.39, 0.29) is 0 Å². The van der Waals surface area contributed by atoms with Crippen molar-refractivity contribution in [2.24, 2.45) is 0 Å². The number of aliphatic hydroxyl groups is 1. The Bertz CT molecular complexity index is 302. The molecule has 0 aromatic carbocycles. The average molecular weight is 180 g/mol. The van der Waals surface area contributed by atoms with Gasteiger partial charge in [0, 0.05) is 18.8 Å². The van der Waals surface area contributed by atoms with E-state index in [0.717, 1.165) is 16.9 Å². The van der Waals surface area contributed by atoms with Gasteiger partial charge >= 0.3 is 0 Å². The molecule has 0 aliphatic rings. The van der Waals surface area contributed by atoms with Crippen molar-refractivity contribution in [3.05, 3.63) is 23.4 Å². The molecule has 0 spiro atoms. The van der Waals surface area contributed by atoms with E-state index >= 15 is 0 Å². The molecule has 0 saturated carbocycles. The monoisotopic (exact) mass is 180 g/mol. The van der Waals surface area contributed by atoms with Gasteiger partial charge in [-0.15, -0.1) is 0 Å². The van der Waals surface area contributed by atoms with Crippen molar-refractivity contribution < 1.29 is 5.11 Å². The lowest BCUT2D eigenvalue weighted by Gasteiger charge is -2.18. The Morgan fingerprint density at radius 3 is 2.46 bits per heavy atom. The lowest BCUT2D eigenvalue weighted by Crippen LogP contribution is -2.16. The van der Waals surface area contributed by atoms with Crippen LogP contribution in [0, 0.1) is 6.92 Å². The van der Waals surface area contributed by atoms with Crippen LogP contribution in [0.15, 0.2) is 12.3 Å². The number of pyridine rings is 1. The molecule has 0 amide bonds. The summed E-state index contributed by atoms with van der Waals surface area (Å²) in [5, 5.41) is 12.7. The predicted octanol–water partition coefficient (Wildman–Crippen LogP) is 1.66. The first-order valence-electron chi connectivity index (χ1n) is 4.32. The van der Waals surface area contributed by atoms with Crippen molar-refractivity contribution in [1.29, 1.82) is 0 Å². The first kappa shape index (κ1) is 9.99. The van der Waals surface area contributed by atoms with Gasteiger partial charge in [0.2, 0.25) is 0 Å². The molecule has 1 heterocycles. The zero-order valence-electron chi connectivity index (χ0n) is 8.55. The molecule has 2 N–H and O–H groups in total. The highest BCUT2D eigenvalue weighted by Crippen LogP contribution is 2.22. The van der Waals surface area contributed by atoms with Crippen LogP contribution in [0.3, 0.4) is 0 Å². The van der Waals surface area contributed by atoms with Crippen molar-refractivity contribution >= 4 is 5.82 Å². The molecule has 0 bridgehead atoms. The van der Waals surface area contributed by atoms with E-state index in [9.17, 15) is 5.11 Å². The van der Waals surface area contributed by atoms with Gasteiger partial charge in [0.25, 0.3) is 0 Å². The summed E-state index contributed by atoms with van der Waals surface area (Å²) >= 11 is 0. The fourth-order valence-corrected chi connectivity index (χ4v) is 1.17. The van der Waals surface area contributed by atoms with Crippen molar-refractivity contribution in [2.45, 2.75) is 26.4 Å². The van der Waals surface area contributed by atoms with Gasteiger partial charge in [0.15, 0.2) is 0 Å². The van der Waals surface area contributed by atoms with Crippen LogP contribution in [0.2, 0.25) is 0 Å². The second-order valence-corrected chi connectivity index (χ2v) is 3.70. The molecule has 0 radical (unpaired) electrons. The standard InChI is InChI=1S/C10H16N2O/c1-7-5-8(10(2,3)13)6-12-9(7)11-4/h5-6,13H,1-4H3,(H,11,12). The van der Waals surface area contributed by atoms with Crippen molar-refractivity contribution in [1.82, 2.24) is 4.98 Å². The molecular weight excluding hydrogens is 164 g/mol. The third-order valence-electron chi connectivity index (χ3n) is 2.02. The lowest BCUT2D eigenvalue weighted by molar-refractivity contribution is 0.0782. The predicted molar refractivity (Wildman–Crippen MR) is 53.8 cm³/mol. The Hall–Kier alpha value is -1.09. The van der Waals surface area contributed by atoms with Gasteiger partial charge in [0.1, 0.15) is 5.82 Å². The molecule has 3 heteroatoms. The number of nitrogens with zero attached hydrogens (tertiary/aromatic N) is 1. The van der Waals surface area contributed by atoms with Crippen molar-refractivity contribution in [3.63, 3.8) is 0 Å². The van der Waals surface area contributed by atoms with E-state index in [1.54, 1.807) is 20.0 Å². The van der Waals surface area contributed by atoms with Gasteiger partial charge < -0.3 is 10.4 Å². The number of hydrogen-bond acceptors (Lipinski definition) is 3. The zero-order chi connectivity index (χ0) is 10.1. The van der Waals surface area contributed by atoms with Crippen LogP contribution < -0.4 is 5.32 Å². The molecule has 0 fully saturated rings. The highest BCUT2D eigenvalue weighted by atomic mass is 16.3. The van der Waals surface area contributed by atoms with E-state index in [0.29, 0.717) is 0 Å². The van der Waals surface area contributed by atoms with Crippen LogP contribution in [-0.4, -0.2) is 17.1 Å². The molecule has 0 unspecified atom stereocenters. The van der Waals surface area contributed by atoms with Crippen molar-refractivity contribution in [3.8, 4) is 0 Å². The summed E-state index contributed by atoms with van der Waals surface area (Å²) in [6.07, 6.45) is 1.69. The molecule has 0 aliphatic heterocycles. The SMILES string of the molecule is CNc1ncc(C(C)(C)O)cc1C. The largest absolute Gasteiger partial charge is 0.386 e. The topological polar surface area (TPSA) is 45.2 Å². The smallest absolute Gasteiger partial charge is 0.128 e. The number of aryl methyl sites for hydroxylation is 1. The third kappa shape index (κ3) is 2.18. The summed E-state index contributed by atoms with van der Waals surface area (Å²) < 4.78 is 0. The Kier molecular flexibility index (Phi) is 2.57. The normalized spacial score (nSPS) is 11.5. The number of nitrogens with one attached hydrogen (secondary N) is 1. The Morgan fingerprint density at radius 1 is 1.46 bits per heavy atom. The van der Waals surface area contributed by atoms with Gasteiger partial charge in [0.05, 0.1) is 5.60 Å². The first-order chi connectivity index (χ1) is 5.95. The molecule has 3 nitrogen and oxygen atoms in total. The molecular formula is C10H16N2O. The molecule has 72 valence electrons. The number of aromatic nitrogens is 1. The van der Waals surface area contributed by atoms with E-state index < -0.39 is 5.60 Å². The minimum atomic E-state index is -0.815. The summed E-state index contributed by atoms with van der Waals surface area (Å²) in [4.78, 5) is 4.19. The first-order valence-corrected chi connectivity index (χ1v) is 4.32. The van der Waals surface area contributed by atoms with Gasteiger partial charge in [-0.3, -0.25) is 0 Å². The fraction of sp³-hybridized carbons (Fsp3) is 0.500. The van der Waals surface area contributed by atoms with E-state index in [1.165, 1.54) is 0 Å². The number of anilines is 1. The van der Waals surface area contributed by atoms with Gasteiger partial charge in [-0.05, 0) is 32.4 Å². The quantitative estimate of drug-likeness (QED) is 0.727. The Balaban J connectivity index is 3.10. The van der Waals surface area contributed by atoms with Crippen LogP contribution in [0.25, 0.3) is 0 Å². The third-order valence-corrected chi connectivity index (χ3v) is 2.02. The summed E-state index contributed by atoms with van der Waals surface area (Å²) in [6, 6.07) is 1.94. The van der Waals surface area contributed by atoms with E-state index in [1.807, 2.05) is 20.0 Å². The lowest BCUT2D eigenvalue weighted by atomic mass is 9.99. The number of rotatable bonds is 2. The summed E-state index contributed by atoms with van der Waals surface area (Å²) in [7, 11) is 1.83. The molecule has 0 saturated heterocycles. The molecule has 1 aromatic heterocycles. The van der Waals surface area contributed by atoms with Crippen LogP contribution in [0.1, 0.15) is 25.0 Å². The average Bonchev–Trinajstić information content (AvgIpc) is 2.02. The highest BCUT2D eigenvalue weighted by molar-refractivity contribution is 5.44. The van der Waals surface area contributed by atoms with Crippen molar-refractivity contribution in [2.75, 3.05) is 12.4 Å². The molecule has 13 heavy (non-hydrogen) atoms. The minimum absolute atomic E-state index is 0.815. The second-order valence-electron chi connectivity index (χ2n) is 3.70. The maximum Gasteiger partial charge on any atom is 0.128 e. The molecule has 1 rings (SSSR count). The second kappa shape index (κ2) is 3.34. The fourth-order valence-electron chi connectivity index (χ4n) is 1.17. The minimum Gasteiger partial charge on any atom is -0.386 e. The van der Waals surface area contributed by atoms with Gasteiger partial charge in [-0.2, -0.15) is 0 Å². The number of hydrogen-bond donors (Lipinski definition) is 2.